The summed E-state index contributed by atoms with van der Waals surface area (Å²) in [6.45, 7) is 2.96. The summed E-state index contributed by atoms with van der Waals surface area (Å²) in [4.78, 5) is 14.4. The number of likely N-dealkylation sites (tertiary alicyclic amines) is 1. The van der Waals surface area contributed by atoms with Gasteiger partial charge in [-0.1, -0.05) is 76.8 Å². The van der Waals surface area contributed by atoms with Gasteiger partial charge in [0, 0.05) is 12.1 Å². The lowest BCUT2D eigenvalue weighted by molar-refractivity contribution is 0.0769. The molecular formula is C24H40ClN3O. The first-order chi connectivity index (χ1) is 13.6. The van der Waals surface area contributed by atoms with Crippen LogP contribution in [0.2, 0.25) is 0 Å². The van der Waals surface area contributed by atoms with Gasteiger partial charge in [-0.05, 0) is 43.4 Å². The highest BCUT2D eigenvalue weighted by Crippen LogP contribution is 2.20. The zero-order valence-corrected chi connectivity index (χ0v) is 18.9. The molecule has 0 aromatic heterocycles. The maximum Gasteiger partial charge on any atom is 0.254 e. The van der Waals surface area contributed by atoms with Gasteiger partial charge in [0.05, 0.1) is 6.04 Å². The first kappa shape index (κ1) is 25.5. The molecule has 1 aliphatic heterocycles. The van der Waals surface area contributed by atoms with Crippen LogP contribution in [0, 0.1) is 5.41 Å². The largest absolute Gasteiger partial charge is 0.386 e. The van der Waals surface area contributed by atoms with Crippen LogP contribution in [0.3, 0.4) is 0 Å². The number of rotatable bonds is 13. The quantitative estimate of drug-likeness (QED) is 0.229. The van der Waals surface area contributed by atoms with Gasteiger partial charge in [0.1, 0.15) is 5.84 Å². The summed E-state index contributed by atoms with van der Waals surface area (Å²) in [6, 6.07) is 7.81. The lowest BCUT2D eigenvalue weighted by Crippen LogP contribution is -2.43. The number of amidine groups is 1. The minimum absolute atomic E-state index is 0. The second kappa shape index (κ2) is 14.4. The van der Waals surface area contributed by atoms with Gasteiger partial charge in [-0.25, -0.2) is 0 Å². The van der Waals surface area contributed by atoms with E-state index in [2.05, 4.69) is 19.1 Å². The van der Waals surface area contributed by atoms with Crippen LogP contribution in [0.5, 0.6) is 0 Å². The number of carbonyl (C=O) groups excluding carboxylic acids is 1. The standard InChI is InChI=1S/C24H39N3O.ClH/c1-2-3-4-5-6-7-8-9-10-11-13-20-15-17-21(18-16-20)24(28)27-19-12-14-22(27)23(25)26;/h15-18,22H,2-14,19H2,1H3,(H3,25,26);1H/t22-;/m1./s1. The molecular weight excluding hydrogens is 382 g/mol. The summed E-state index contributed by atoms with van der Waals surface area (Å²) in [6.07, 6.45) is 16.4. The maximum atomic E-state index is 12.7. The fourth-order valence-electron chi connectivity index (χ4n) is 4.13. The predicted molar refractivity (Wildman–Crippen MR) is 125 cm³/mol. The molecule has 4 nitrogen and oxygen atoms in total. The minimum Gasteiger partial charge on any atom is -0.386 e. The van der Waals surface area contributed by atoms with Crippen molar-refractivity contribution in [1.82, 2.24) is 4.90 Å². The van der Waals surface area contributed by atoms with Gasteiger partial charge < -0.3 is 10.6 Å². The molecule has 5 heteroatoms. The zero-order chi connectivity index (χ0) is 20.2. The molecule has 1 aliphatic rings. The summed E-state index contributed by atoms with van der Waals surface area (Å²) < 4.78 is 0. The Bertz CT molecular complexity index is 603. The Labute approximate surface area is 183 Å². The van der Waals surface area contributed by atoms with Crippen molar-refractivity contribution >= 4 is 24.1 Å². The molecule has 1 atom stereocenters. The van der Waals surface area contributed by atoms with Gasteiger partial charge in [0.2, 0.25) is 0 Å². The molecule has 0 bridgehead atoms. The van der Waals surface area contributed by atoms with Crippen molar-refractivity contribution in [3.8, 4) is 0 Å². The fraction of sp³-hybridized carbons (Fsp3) is 0.667. The lowest BCUT2D eigenvalue weighted by Gasteiger charge is -2.23. The van der Waals surface area contributed by atoms with E-state index in [9.17, 15) is 4.79 Å². The molecule has 1 aromatic carbocycles. The van der Waals surface area contributed by atoms with Crippen LogP contribution in [-0.4, -0.2) is 29.2 Å². The molecule has 1 saturated heterocycles. The number of unbranched alkanes of at least 4 members (excludes halogenated alkanes) is 9. The van der Waals surface area contributed by atoms with Gasteiger partial charge in [0.15, 0.2) is 0 Å². The molecule has 0 unspecified atom stereocenters. The molecule has 1 aromatic rings. The van der Waals surface area contributed by atoms with Gasteiger partial charge in [-0.3, -0.25) is 10.2 Å². The molecule has 1 fully saturated rings. The predicted octanol–water partition coefficient (Wildman–Crippen LogP) is 6.11. The van der Waals surface area contributed by atoms with Crippen molar-refractivity contribution in [1.29, 1.82) is 5.41 Å². The molecule has 29 heavy (non-hydrogen) atoms. The molecule has 164 valence electrons. The first-order valence-corrected chi connectivity index (χ1v) is 11.4. The average molecular weight is 422 g/mol. The molecule has 2 rings (SSSR count). The summed E-state index contributed by atoms with van der Waals surface area (Å²) in [7, 11) is 0. The van der Waals surface area contributed by atoms with Crippen LogP contribution in [0.15, 0.2) is 24.3 Å². The zero-order valence-electron chi connectivity index (χ0n) is 18.1. The second-order valence-electron chi connectivity index (χ2n) is 8.24. The number of aryl methyl sites for hydroxylation is 1. The summed E-state index contributed by atoms with van der Waals surface area (Å²) >= 11 is 0. The Balaban J connectivity index is 0.00000420. The number of amides is 1. The normalized spacial score (nSPS) is 15.9. The Hall–Kier alpha value is -1.55. The van der Waals surface area contributed by atoms with Crippen LogP contribution >= 0.6 is 12.4 Å². The van der Waals surface area contributed by atoms with Crippen molar-refractivity contribution in [2.75, 3.05) is 6.54 Å². The van der Waals surface area contributed by atoms with Gasteiger partial charge in [0.25, 0.3) is 5.91 Å². The topological polar surface area (TPSA) is 70.2 Å². The highest BCUT2D eigenvalue weighted by Gasteiger charge is 2.31. The van der Waals surface area contributed by atoms with E-state index >= 15 is 0 Å². The highest BCUT2D eigenvalue weighted by atomic mass is 35.5. The van der Waals surface area contributed by atoms with Crippen LogP contribution in [-0.2, 0) is 6.42 Å². The summed E-state index contributed by atoms with van der Waals surface area (Å²) in [5.74, 6) is 0.103. The number of nitrogens with one attached hydrogen (secondary N) is 1. The molecule has 0 saturated carbocycles. The van der Waals surface area contributed by atoms with E-state index in [4.69, 9.17) is 11.1 Å². The number of halogens is 1. The number of nitrogens with two attached hydrogens (primary N) is 1. The van der Waals surface area contributed by atoms with Crippen LogP contribution in [0.1, 0.15) is 99.9 Å². The third-order valence-electron chi connectivity index (χ3n) is 5.89. The monoisotopic (exact) mass is 421 g/mol. The number of carbonyl (C=O) groups is 1. The fourth-order valence-corrected chi connectivity index (χ4v) is 4.13. The third-order valence-corrected chi connectivity index (χ3v) is 5.89. The molecule has 0 aliphatic carbocycles. The average Bonchev–Trinajstić information content (AvgIpc) is 3.19. The SMILES string of the molecule is CCCCCCCCCCCCc1ccc(C(=O)N2CCC[C@@H]2C(=N)N)cc1.Cl. The van der Waals surface area contributed by atoms with E-state index in [0.29, 0.717) is 12.1 Å². The van der Waals surface area contributed by atoms with Crippen LogP contribution in [0.25, 0.3) is 0 Å². The van der Waals surface area contributed by atoms with E-state index < -0.39 is 0 Å². The van der Waals surface area contributed by atoms with E-state index in [1.54, 1.807) is 4.90 Å². The third kappa shape index (κ3) is 8.77. The van der Waals surface area contributed by atoms with E-state index in [-0.39, 0.29) is 30.2 Å². The second-order valence-corrected chi connectivity index (χ2v) is 8.24. The molecule has 3 N–H and O–H groups in total. The Morgan fingerprint density at radius 3 is 2.10 bits per heavy atom. The van der Waals surface area contributed by atoms with E-state index in [1.807, 2.05) is 12.1 Å². The minimum atomic E-state index is -0.223. The molecule has 0 radical (unpaired) electrons. The van der Waals surface area contributed by atoms with Crippen molar-refractivity contribution in [3.05, 3.63) is 35.4 Å². The lowest BCUT2D eigenvalue weighted by atomic mass is 10.0. The summed E-state index contributed by atoms with van der Waals surface area (Å²) in [5.41, 5.74) is 7.66. The molecule has 1 amide bonds. The smallest absolute Gasteiger partial charge is 0.254 e. The first-order valence-electron chi connectivity index (χ1n) is 11.4. The number of hydrogen-bond acceptors (Lipinski definition) is 2. The van der Waals surface area contributed by atoms with Crippen LogP contribution in [0.4, 0.5) is 0 Å². The van der Waals surface area contributed by atoms with Gasteiger partial charge in [-0.15, -0.1) is 12.4 Å². The van der Waals surface area contributed by atoms with Gasteiger partial charge >= 0.3 is 0 Å². The molecule has 1 heterocycles. The van der Waals surface area contributed by atoms with Crippen molar-refractivity contribution in [3.63, 3.8) is 0 Å². The Morgan fingerprint density at radius 1 is 1.00 bits per heavy atom. The van der Waals surface area contributed by atoms with E-state index in [1.165, 1.54) is 69.8 Å². The summed E-state index contributed by atoms with van der Waals surface area (Å²) in [5, 5.41) is 7.67. The number of nitrogens with zero attached hydrogens (tertiary/aromatic N) is 1. The van der Waals surface area contributed by atoms with Crippen molar-refractivity contribution in [2.45, 2.75) is 96.4 Å². The van der Waals surface area contributed by atoms with Crippen LogP contribution < -0.4 is 5.73 Å². The highest BCUT2D eigenvalue weighted by molar-refractivity contribution is 5.98. The Morgan fingerprint density at radius 2 is 1.55 bits per heavy atom. The van der Waals surface area contributed by atoms with Gasteiger partial charge in [-0.2, -0.15) is 0 Å². The number of benzene rings is 1. The Kier molecular flexibility index (Phi) is 12.7. The molecule has 0 spiro atoms. The maximum absolute atomic E-state index is 12.7. The van der Waals surface area contributed by atoms with Crippen molar-refractivity contribution < 1.29 is 4.79 Å². The van der Waals surface area contributed by atoms with Crippen molar-refractivity contribution in [2.24, 2.45) is 5.73 Å². The number of hydrogen-bond donors (Lipinski definition) is 2. The van der Waals surface area contributed by atoms with E-state index in [0.717, 1.165) is 19.3 Å².